The van der Waals surface area contributed by atoms with E-state index in [0.717, 1.165) is 49.4 Å². The van der Waals surface area contributed by atoms with Gasteiger partial charge in [-0.25, -0.2) is 15.0 Å². The molecule has 1 aliphatic heterocycles. The molecule has 0 unspecified atom stereocenters. The van der Waals surface area contributed by atoms with Crippen molar-refractivity contribution in [3.05, 3.63) is 55.0 Å². The largest absolute Gasteiger partial charge is 0.492 e. The molecule has 0 amide bonds. The van der Waals surface area contributed by atoms with Gasteiger partial charge in [0.1, 0.15) is 11.6 Å². The minimum absolute atomic E-state index is 0.614. The first kappa shape index (κ1) is 18.0. The molecule has 1 aromatic carbocycles. The van der Waals surface area contributed by atoms with Crippen LogP contribution in [0.2, 0.25) is 0 Å². The van der Waals surface area contributed by atoms with Crippen molar-refractivity contribution in [2.24, 2.45) is 0 Å². The third kappa shape index (κ3) is 4.11. The highest BCUT2D eigenvalue weighted by molar-refractivity contribution is 5.64. The fourth-order valence-corrected chi connectivity index (χ4v) is 3.12. The van der Waals surface area contributed by atoms with Gasteiger partial charge in [0.25, 0.3) is 0 Å². The van der Waals surface area contributed by atoms with Crippen LogP contribution in [0, 0.1) is 0 Å². The van der Waals surface area contributed by atoms with Crippen molar-refractivity contribution in [1.29, 1.82) is 0 Å². The highest BCUT2D eigenvalue weighted by Crippen LogP contribution is 2.27. The molecule has 1 fully saturated rings. The zero-order valence-electron chi connectivity index (χ0n) is 15.8. The van der Waals surface area contributed by atoms with Crippen LogP contribution in [0.1, 0.15) is 6.92 Å². The number of anilines is 4. The van der Waals surface area contributed by atoms with E-state index in [4.69, 9.17) is 4.74 Å². The topological polar surface area (TPSA) is 79.3 Å². The monoisotopic (exact) mass is 377 g/mol. The third-order valence-electron chi connectivity index (χ3n) is 4.49. The van der Waals surface area contributed by atoms with Crippen LogP contribution in [0.4, 0.5) is 23.4 Å². The van der Waals surface area contributed by atoms with Gasteiger partial charge < -0.3 is 19.9 Å². The van der Waals surface area contributed by atoms with E-state index in [1.165, 1.54) is 0 Å². The minimum atomic E-state index is 0.614. The van der Waals surface area contributed by atoms with Crippen LogP contribution in [-0.2, 0) is 0 Å². The lowest BCUT2D eigenvalue weighted by Crippen LogP contribution is -2.47. The number of nitrogens with one attached hydrogen (secondary N) is 1. The number of rotatable bonds is 6. The maximum Gasteiger partial charge on any atom is 0.227 e. The Morgan fingerprint density at radius 2 is 1.54 bits per heavy atom. The highest BCUT2D eigenvalue weighted by atomic mass is 16.5. The molecule has 0 radical (unpaired) electrons. The molecule has 0 spiro atoms. The molecule has 8 heteroatoms. The van der Waals surface area contributed by atoms with Crippen molar-refractivity contribution >= 4 is 23.4 Å². The Labute approximate surface area is 164 Å². The number of aromatic nitrogens is 4. The summed E-state index contributed by atoms with van der Waals surface area (Å²) in [5.74, 6) is 3.03. The summed E-state index contributed by atoms with van der Waals surface area (Å²) in [6.07, 6.45) is 5.32. The van der Waals surface area contributed by atoms with Gasteiger partial charge in [-0.15, -0.1) is 0 Å². The number of para-hydroxylation sites is 2. The zero-order chi connectivity index (χ0) is 19.2. The number of hydrogen-bond donors (Lipinski definition) is 1. The van der Waals surface area contributed by atoms with Gasteiger partial charge in [0.15, 0.2) is 0 Å². The fourth-order valence-electron chi connectivity index (χ4n) is 3.12. The summed E-state index contributed by atoms with van der Waals surface area (Å²) < 4.78 is 5.68. The summed E-state index contributed by atoms with van der Waals surface area (Å²) in [7, 11) is 0. The van der Waals surface area contributed by atoms with Crippen molar-refractivity contribution in [2.45, 2.75) is 6.92 Å². The van der Waals surface area contributed by atoms with Gasteiger partial charge in [0, 0.05) is 44.8 Å². The van der Waals surface area contributed by atoms with E-state index in [0.29, 0.717) is 12.6 Å². The molecule has 3 heterocycles. The van der Waals surface area contributed by atoms with Gasteiger partial charge in [-0.3, -0.25) is 0 Å². The smallest absolute Gasteiger partial charge is 0.227 e. The van der Waals surface area contributed by atoms with Crippen molar-refractivity contribution in [3.8, 4) is 5.75 Å². The molecular weight excluding hydrogens is 354 g/mol. The van der Waals surface area contributed by atoms with Crippen LogP contribution in [-0.4, -0.2) is 52.7 Å². The molecule has 2 aromatic heterocycles. The molecular formula is C20H23N7O. The number of nitrogens with zero attached hydrogens (tertiary/aromatic N) is 6. The summed E-state index contributed by atoms with van der Waals surface area (Å²) in [6.45, 7) is 5.88. The fraction of sp³-hybridized carbons (Fsp3) is 0.300. The molecule has 0 saturated carbocycles. The van der Waals surface area contributed by atoms with E-state index in [2.05, 4.69) is 35.1 Å². The summed E-state index contributed by atoms with van der Waals surface area (Å²) in [5.41, 5.74) is 0.889. The van der Waals surface area contributed by atoms with E-state index in [1.807, 2.05) is 43.3 Å². The second kappa shape index (κ2) is 8.51. The van der Waals surface area contributed by atoms with Crippen LogP contribution in [0.15, 0.2) is 55.0 Å². The highest BCUT2D eigenvalue weighted by Gasteiger charge is 2.20. The first-order valence-electron chi connectivity index (χ1n) is 9.42. The number of hydrogen-bond acceptors (Lipinski definition) is 8. The minimum Gasteiger partial charge on any atom is -0.492 e. The van der Waals surface area contributed by atoms with E-state index < -0.39 is 0 Å². The first-order valence-corrected chi connectivity index (χ1v) is 9.42. The Kier molecular flexibility index (Phi) is 5.46. The quantitative estimate of drug-likeness (QED) is 0.702. The molecule has 0 aliphatic carbocycles. The number of piperazine rings is 1. The molecule has 3 aromatic rings. The Bertz CT molecular complexity index is 898. The molecule has 1 saturated heterocycles. The molecule has 1 aliphatic rings. The average molecular weight is 377 g/mol. The summed E-state index contributed by atoms with van der Waals surface area (Å²) in [5, 5.41) is 3.34. The third-order valence-corrected chi connectivity index (χ3v) is 4.49. The van der Waals surface area contributed by atoms with E-state index in [1.54, 1.807) is 18.6 Å². The standard InChI is InChI=1S/C20H23N7O/c1-2-28-17-7-4-3-6-16(17)24-18-8-11-23-20(25-18)27-14-12-26(13-15-27)19-21-9-5-10-22-19/h3-11H,2,12-15H2,1H3,(H,23,24,25). The molecule has 0 bridgehead atoms. The second-order valence-electron chi connectivity index (χ2n) is 6.32. The Balaban J connectivity index is 1.43. The van der Waals surface area contributed by atoms with Gasteiger partial charge in [-0.05, 0) is 31.2 Å². The molecule has 4 rings (SSSR count). The Morgan fingerprint density at radius 3 is 2.29 bits per heavy atom. The molecule has 1 N–H and O–H groups in total. The predicted octanol–water partition coefficient (Wildman–Crippen LogP) is 2.74. The first-order chi connectivity index (χ1) is 13.8. The molecule has 0 atom stereocenters. The Hall–Kier alpha value is -3.42. The maximum absolute atomic E-state index is 5.68. The lowest BCUT2D eigenvalue weighted by atomic mass is 10.3. The molecule has 28 heavy (non-hydrogen) atoms. The van der Waals surface area contributed by atoms with Crippen LogP contribution in [0.3, 0.4) is 0 Å². The van der Waals surface area contributed by atoms with Crippen molar-refractivity contribution in [3.63, 3.8) is 0 Å². The number of benzene rings is 1. The SMILES string of the molecule is CCOc1ccccc1Nc1ccnc(N2CCN(c3ncccn3)CC2)n1. The predicted molar refractivity (Wildman–Crippen MR) is 109 cm³/mol. The van der Waals surface area contributed by atoms with Gasteiger partial charge in [-0.2, -0.15) is 4.98 Å². The van der Waals surface area contributed by atoms with Crippen molar-refractivity contribution in [1.82, 2.24) is 19.9 Å². The maximum atomic E-state index is 5.68. The summed E-state index contributed by atoms with van der Waals surface area (Å²) >= 11 is 0. The van der Waals surface area contributed by atoms with Gasteiger partial charge in [0.2, 0.25) is 11.9 Å². The van der Waals surface area contributed by atoms with E-state index >= 15 is 0 Å². The summed E-state index contributed by atoms with van der Waals surface area (Å²) in [4.78, 5) is 22.2. The normalized spacial score (nSPS) is 14.0. The van der Waals surface area contributed by atoms with Crippen LogP contribution >= 0.6 is 0 Å². The van der Waals surface area contributed by atoms with E-state index in [-0.39, 0.29) is 0 Å². The van der Waals surface area contributed by atoms with Gasteiger partial charge >= 0.3 is 0 Å². The zero-order valence-corrected chi connectivity index (χ0v) is 15.8. The average Bonchev–Trinajstić information content (AvgIpc) is 2.76. The Morgan fingerprint density at radius 1 is 0.857 bits per heavy atom. The lowest BCUT2D eigenvalue weighted by Gasteiger charge is -2.34. The van der Waals surface area contributed by atoms with Gasteiger partial charge in [0.05, 0.1) is 12.3 Å². The van der Waals surface area contributed by atoms with Crippen molar-refractivity contribution < 1.29 is 4.74 Å². The molecule has 144 valence electrons. The lowest BCUT2D eigenvalue weighted by molar-refractivity contribution is 0.342. The summed E-state index contributed by atoms with van der Waals surface area (Å²) in [6, 6.07) is 11.5. The van der Waals surface area contributed by atoms with Gasteiger partial charge in [-0.1, -0.05) is 12.1 Å². The second-order valence-corrected chi connectivity index (χ2v) is 6.32. The number of ether oxygens (including phenoxy) is 1. The van der Waals surface area contributed by atoms with E-state index in [9.17, 15) is 0 Å². The molecule has 8 nitrogen and oxygen atoms in total. The van der Waals surface area contributed by atoms with Crippen LogP contribution in [0.25, 0.3) is 0 Å². The van der Waals surface area contributed by atoms with Crippen LogP contribution in [0.5, 0.6) is 5.75 Å². The van der Waals surface area contributed by atoms with Crippen molar-refractivity contribution in [2.75, 3.05) is 47.9 Å². The van der Waals surface area contributed by atoms with Crippen LogP contribution < -0.4 is 19.9 Å².